The summed E-state index contributed by atoms with van der Waals surface area (Å²) in [5.74, 6) is -1.12. The molecule has 0 aromatic heterocycles. The van der Waals surface area contributed by atoms with Gasteiger partial charge in [-0.05, 0) is 19.1 Å². The molecule has 3 nitrogen and oxygen atoms in total. The minimum atomic E-state index is -0.695. The molecule has 94 valence electrons. The Hall–Kier alpha value is -0.840. The zero-order chi connectivity index (χ0) is 13.0. The number of aliphatic hydroxyl groups excluding tert-OH is 1. The van der Waals surface area contributed by atoms with E-state index in [9.17, 15) is 9.18 Å². The fraction of sp³-hybridized carbons (Fsp3) is 0.364. The molecule has 0 fully saturated rings. The zero-order valence-corrected chi connectivity index (χ0v) is 10.7. The summed E-state index contributed by atoms with van der Waals surface area (Å²) in [6, 6.07) is 2.20. The maximum atomic E-state index is 13.3. The molecule has 1 N–H and O–H groups in total. The molecule has 0 bridgehead atoms. The van der Waals surface area contributed by atoms with Crippen LogP contribution in [0.5, 0.6) is 0 Å². The second-order valence-corrected chi connectivity index (χ2v) is 4.17. The number of nitrogens with zero attached hydrogens (tertiary/aromatic N) is 1. The van der Waals surface area contributed by atoms with E-state index in [0.29, 0.717) is 6.54 Å². The Labute approximate surface area is 109 Å². The third kappa shape index (κ3) is 3.31. The summed E-state index contributed by atoms with van der Waals surface area (Å²) in [4.78, 5) is 13.3. The van der Waals surface area contributed by atoms with Gasteiger partial charge in [0.05, 0.1) is 22.2 Å². The lowest BCUT2D eigenvalue weighted by Gasteiger charge is -2.20. The maximum Gasteiger partial charge on any atom is 0.255 e. The molecule has 0 heterocycles. The number of halogens is 3. The van der Waals surface area contributed by atoms with Crippen molar-refractivity contribution in [3.63, 3.8) is 0 Å². The van der Waals surface area contributed by atoms with Crippen LogP contribution in [-0.2, 0) is 0 Å². The number of hydrogen-bond donors (Lipinski definition) is 1. The Morgan fingerprint density at radius 2 is 2.06 bits per heavy atom. The molecule has 0 radical (unpaired) electrons. The van der Waals surface area contributed by atoms with Crippen molar-refractivity contribution in [3.8, 4) is 0 Å². The first kappa shape index (κ1) is 14.2. The molecule has 6 heteroatoms. The summed E-state index contributed by atoms with van der Waals surface area (Å²) >= 11 is 11.4. The van der Waals surface area contributed by atoms with Crippen LogP contribution in [0, 0.1) is 5.82 Å². The van der Waals surface area contributed by atoms with Gasteiger partial charge in [0, 0.05) is 13.1 Å². The van der Waals surface area contributed by atoms with E-state index in [-0.39, 0.29) is 28.8 Å². The Morgan fingerprint density at radius 3 is 2.59 bits per heavy atom. The normalized spacial score (nSPS) is 10.4. The van der Waals surface area contributed by atoms with Gasteiger partial charge in [-0.25, -0.2) is 4.39 Å². The van der Waals surface area contributed by atoms with E-state index < -0.39 is 11.7 Å². The van der Waals surface area contributed by atoms with Crippen LogP contribution in [0.15, 0.2) is 12.1 Å². The van der Waals surface area contributed by atoms with E-state index in [1.165, 1.54) is 11.0 Å². The topological polar surface area (TPSA) is 40.5 Å². The molecule has 1 aromatic rings. The van der Waals surface area contributed by atoms with E-state index in [4.69, 9.17) is 28.3 Å². The van der Waals surface area contributed by atoms with Gasteiger partial charge >= 0.3 is 0 Å². The van der Waals surface area contributed by atoms with Gasteiger partial charge in [0.1, 0.15) is 5.82 Å². The van der Waals surface area contributed by atoms with Crippen LogP contribution in [0.2, 0.25) is 10.0 Å². The van der Waals surface area contributed by atoms with Gasteiger partial charge in [0.15, 0.2) is 0 Å². The number of rotatable bonds is 4. The molecule has 0 aliphatic carbocycles. The number of amides is 1. The minimum absolute atomic E-state index is 0.0452. The summed E-state index contributed by atoms with van der Waals surface area (Å²) < 4.78 is 13.3. The Balaban J connectivity index is 3.07. The van der Waals surface area contributed by atoms with Crippen LogP contribution >= 0.6 is 23.2 Å². The van der Waals surface area contributed by atoms with Crippen molar-refractivity contribution in [3.05, 3.63) is 33.6 Å². The number of likely N-dealkylation sites (N-methyl/N-ethyl adjacent to an activating group) is 1. The van der Waals surface area contributed by atoms with Crippen LogP contribution in [0.4, 0.5) is 4.39 Å². The first-order valence-electron chi connectivity index (χ1n) is 5.06. The Bertz CT molecular complexity index is 426. The smallest absolute Gasteiger partial charge is 0.255 e. The molecular formula is C11H12Cl2FNO2. The van der Waals surface area contributed by atoms with Gasteiger partial charge in [-0.3, -0.25) is 4.79 Å². The van der Waals surface area contributed by atoms with E-state index in [2.05, 4.69) is 0 Å². The quantitative estimate of drug-likeness (QED) is 0.861. The van der Waals surface area contributed by atoms with Gasteiger partial charge in [-0.15, -0.1) is 0 Å². The molecule has 0 aliphatic heterocycles. The average molecular weight is 280 g/mol. The summed E-state index contributed by atoms with van der Waals surface area (Å²) in [5, 5.41) is 8.78. The molecule has 1 aromatic carbocycles. The highest BCUT2D eigenvalue weighted by atomic mass is 35.5. The fourth-order valence-corrected chi connectivity index (χ4v) is 1.84. The fourth-order valence-electron chi connectivity index (χ4n) is 1.38. The second kappa shape index (κ2) is 6.19. The van der Waals surface area contributed by atoms with Crippen LogP contribution in [0.25, 0.3) is 0 Å². The van der Waals surface area contributed by atoms with Crippen LogP contribution in [0.3, 0.4) is 0 Å². The summed E-state index contributed by atoms with van der Waals surface area (Å²) in [6.45, 7) is 2.18. The Kier molecular flexibility index (Phi) is 5.18. The van der Waals surface area contributed by atoms with Crippen molar-refractivity contribution in [1.82, 2.24) is 4.90 Å². The van der Waals surface area contributed by atoms with Crippen molar-refractivity contribution < 1.29 is 14.3 Å². The lowest BCUT2D eigenvalue weighted by Crippen LogP contribution is -2.33. The van der Waals surface area contributed by atoms with Crippen molar-refractivity contribution in [1.29, 1.82) is 0 Å². The molecule has 0 spiro atoms. The van der Waals surface area contributed by atoms with Crippen molar-refractivity contribution >= 4 is 29.1 Å². The summed E-state index contributed by atoms with van der Waals surface area (Å²) in [7, 11) is 0. The van der Waals surface area contributed by atoms with Crippen molar-refractivity contribution in [2.24, 2.45) is 0 Å². The number of carbonyl (C=O) groups is 1. The number of aliphatic hydroxyl groups is 1. The average Bonchev–Trinajstić information content (AvgIpc) is 2.30. The highest BCUT2D eigenvalue weighted by Crippen LogP contribution is 2.25. The molecule has 17 heavy (non-hydrogen) atoms. The molecular weight excluding hydrogens is 268 g/mol. The molecule has 0 saturated heterocycles. The summed E-state index contributed by atoms with van der Waals surface area (Å²) in [6.07, 6.45) is 0. The van der Waals surface area contributed by atoms with Crippen LogP contribution in [0.1, 0.15) is 17.3 Å². The second-order valence-electron chi connectivity index (χ2n) is 3.35. The molecule has 0 atom stereocenters. The lowest BCUT2D eigenvalue weighted by molar-refractivity contribution is 0.0731. The first-order valence-corrected chi connectivity index (χ1v) is 5.81. The minimum Gasteiger partial charge on any atom is -0.395 e. The van der Waals surface area contributed by atoms with E-state index in [1.54, 1.807) is 6.92 Å². The predicted molar refractivity (Wildman–Crippen MR) is 65.1 cm³/mol. The molecule has 0 unspecified atom stereocenters. The molecule has 0 aliphatic rings. The van der Waals surface area contributed by atoms with Gasteiger partial charge in [0.25, 0.3) is 5.91 Å². The van der Waals surface area contributed by atoms with Gasteiger partial charge in [-0.1, -0.05) is 23.2 Å². The molecule has 1 amide bonds. The highest BCUT2D eigenvalue weighted by Gasteiger charge is 2.18. The zero-order valence-electron chi connectivity index (χ0n) is 9.21. The van der Waals surface area contributed by atoms with E-state index >= 15 is 0 Å². The predicted octanol–water partition coefficient (Wildman–Crippen LogP) is 2.59. The lowest BCUT2D eigenvalue weighted by atomic mass is 10.2. The number of hydrogen-bond acceptors (Lipinski definition) is 2. The number of benzene rings is 1. The highest BCUT2D eigenvalue weighted by molar-refractivity contribution is 6.36. The maximum absolute atomic E-state index is 13.3. The standard InChI is InChI=1S/C11H12Cl2FNO2/c1-2-15(3-4-16)11(17)7-5-10(14)9(13)6-8(7)12/h5-6,16H,2-4H2,1H3. The molecule has 0 saturated carbocycles. The van der Waals surface area contributed by atoms with E-state index in [0.717, 1.165) is 6.07 Å². The van der Waals surface area contributed by atoms with Crippen LogP contribution in [-0.4, -0.2) is 35.6 Å². The molecule has 1 rings (SSSR count). The SMILES string of the molecule is CCN(CCO)C(=O)c1cc(F)c(Cl)cc1Cl. The van der Waals surface area contributed by atoms with Gasteiger partial charge in [-0.2, -0.15) is 0 Å². The number of carbonyl (C=O) groups excluding carboxylic acids is 1. The van der Waals surface area contributed by atoms with Gasteiger partial charge in [0.2, 0.25) is 0 Å². The third-order valence-electron chi connectivity index (χ3n) is 2.28. The summed E-state index contributed by atoms with van der Waals surface area (Å²) in [5.41, 5.74) is 0.0452. The largest absolute Gasteiger partial charge is 0.395 e. The Morgan fingerprint density at radius 1 is 1.41 bits per heavy atom. The van der Waals surface area contributed by atoms with Gasteiger partial charge < -0.3 is 10.0 Å². The third-order valence-corrected chi connectivity index (χ3v) is 2.88. The first-order chi connectivity index (χ1) is 8.01. The van der Waals surface area contributed by atoms with Crippen LogP contribution < -0.4 is 0 Å². The van der Waals surface area contributed by atoms with Crippen molar-refractivity contribution in [2.75, 3.05) is 19.7 Å². The van der Waals surface area contributed by atoms with E-state index in [1.807, 2.05) is 0 Å². The monoisotopic (exact) mass is 279 g/mol. The van der Waals surface area contributed by atoms with Crippen molar-refractivity contribution in [2.45, 2.75) is 6.92 Å².